The first-order valence-corrected chi connectivity index (χ1v) is 4.41. The highest BCUT2D eigenvalue weighted by molar-refractivity contribution is 5.71. The Morgan fingerprint density at radius 2 is 2.33 bits per heavy atom. The molecule has 0 spiro atoms. The van der Waals surface area contributed by atoms with Crippen molar-refractivity contribution in [2.75, 3.05) is 11.1 Å². The van der Waals surface area contributed by atoms with Gasteiger partial charge in [0.05, 0.1) is 11.4 Å². The van der Waals surface area contributed by atoms with Crippen LogP contribution in [0.2, 0.25) is 0 Å². The van der Waals surface area contributed by atoms with E-state index in [4.69, 9.17) is 5.73 Å². The van der Waals surface area contributed by atoms with Crippen molar-refractivity contribution in [3.8, 4) is 0 Å². The van der Waals surface area contributed by atoms with Crippen LogP contribution < -0.4 is 11.1 Å². The summed E-state index contributed by atoms with van der Waals surface area (Å²) in [6, 6.07) is 6.67. The van der Waals surface area contributed by atoms with Crippen molar-refractivity contribution in [2.24, 2.45) is 0 Å². The molecule has 1 heterocycles. The molecule has 64 valence electrons. The number of fused-ring (bicyclic) bond motifs is 1. The summed E-state index contributed by atoms with van der Waals surface area (Å²) in [4.78, 5) is 0. The monoisotopic (exact) mass is 162 g/mol. The van der Waals surface area contributed by atoms with Gasteiger partial charge in [0.25, 0.3) is 0 Å². The largest absolute Gasteiger partial charge is 0.397 e. The molecule has 0 radical (unpaired) electrons. The maximum atomic E-state index is 5.84. The fourth-order valence-corrected chi connectivity index (χ4v) is 1.69. The van der Waals surface area contributed by atoms with E-state index < -0.39 is 0 Å². The Kier molecular flexibility index (Phi) is 1.68. The molecule has 0 saturated heterocycles. The minimum Gasteiger partial charge on any atom is -0.397 e. The predicted molar refractivity (Wildman–Crippen MR) is 52.3 cm³/mol. The minimum absolute atomic E-state index is 0.558. The highest BCUT2D eigenvalue weighted by Crippen LogP contribution is 2.29. The number of nitrogen functional groups attached to an aromatic ring is 1. The number of rotatable bonds is 0. The first kappa shape index (κ1) is 7.47. The van der Waals surface area contributed by atoms with Gasteiger partial charge in [0.2, 0.25) is 0 Å². The quantitative estimate of drug-likeness (QED) is 0.573. The molecule has 1 aliphatic rings. The van der Waals surface area contributed by atoms with Crippen molar-refractivity contribution in [3.63, 3.8) is 0 Å². The van der Waals surface area contributed by atoms with E-state index >= 15 is 0 Å². The molecule has 3 N–H and O–H groups in total. The number of nitrogens with one attached hydrogen (secondary N) is 1. The van der Waals surface area contributed by atoms with Crippen LogP contribution in [0.15, 0.2) is 18.2 Å². The second kappa shape index (κ2) is 2.70. The molecule has 2 nitrogen and oxygen atoms in total. The summed E-state index contributed by atoms with van der Waals surface area (Å²) >= 11 is 0. The smallest absolute Gasteiger partial charge is 0.0608 e. The number of nitrogens with two attached hydrogens (primary N) is 1. The van der Waals surface area contributed by atoms with E-state index in [-0.39, 0.29) is 0 Å². The first-order valence-electron chi connectivity index (χ1n) is 4.41. The van der Waals surface area contributed by atoms with Gasteiger partial charge < -0.3 is 11.1 Å². The van der Waals surface area contributed by atoms with Crippen LogP contribution in [0.1, 0.15) is 18.9 Å². The van der Waals surface area contributed by atoms with Crippen LogP contribution in [0.25, 0.3) is 0 Å². The molecule has 1 aromatic carbocycles. The van der Waals surface area contributed by atoms with Crippen molar-refractivity contribution in [1.82, 2.24) is 0 Å². The molecule has 1 atom stereocenters. The zero-order valence-corrected chi connectivity index (χ0v) is 7.30. The molecule has 0 amide bonds. The summed E-state index contributed by atoms with van der Waals surface area (Å²) in [6.07, 6.45) is 2.35. The fourth-order valence-electron chi connectivity index (χ4n) is 1.69. The molecule has 0 fully saturated rings. The Morgan fingerprint density at radius 3 is 3.17 bits per heavy atom. The molecule has 0 aliphatic carbocycles. The van der Waals surface area contributed by atoms with Gasteiger partial charge in [0, 0.05) is 6.04 Å². The zero-order chi connectivity index (χ0) is 8.55. The topological polar surface area (TPSA) is 38.0 Å². The van der Waals surface area contributed by atoms with Gasteiger partial charge in [-0.25, -0.2) is 0 Å². The van der Waals surface area contributed by atoms with Crippen LogP contribution in [-0.4, -0.2) is 6.04 Å². The third-order valence-electron chi connectivity index (χ3n) is 2.42. The maximum Gasteiger partial charge on any atom is 0.0608 e. The summed E-state index contributed by atoms with van der Waals surface area (Å²) in [7, 11) is 0. The Bertz CT molecular complexity index is 294. The van der Waals surface area contributed by atoms with E-state index in [0.717, 1.165) is 17.8 Å². The van der Waals surface area contributed by atoms with Crippen molar-refractivity contribution >= 4 is 11.4 Å². The van der Waals surface area contributed by atoms with E-state index in [9.17, 15) is 0 Å². The standard InChI is InChI=1S/C10H14N2/c1-7-5-6-8-3-2-4-9(11)10(8)12-7/h2-4,7,12H,5-6,11H2,1H3/t7-/m0/s1. The molecule has 12 heavy (non-hydrogen) atoms. The SMILES string of the molecule is C[C@H]1CCc2cccc(N)c2N1. The van der Waals surface area contributed by atoms with Crippen molar-refractivity contribution in [3.05, 3.63) is 23.8 Å². The van der Waals surface area contributed by atoms with Crippen LogP contribution >= 0.6 is 0 Å². The van der Waals surface area contributed by atoms with Crippen LogP contribution in [0.5, 0.6) is 0 Å². The van der Waals surface area contributed by atoms with E-state index in [1.54, 1.807) is 0 Å². The summed E-state index contributed by atoms with van der Waals surface area (Å²) in [5, 5.41) is 3.40. The van der Waals surface area contributed by atoms with E-state index in [1.807, 2.05) is 12.1 Å². The van der Waals surface area contributed by atoms with Crippen LogP contribution in [0.4, 0.5) is 11.4 Å². The average molecular weight is 162 g/mol. The number of hydrogen-bond acceptors (Lipinski definition) is 2. The molecule has 1 aliphatic heterocycles. The van der Waals surface area contributed by atoms with Gasteiger partial charge in [-0.3, -0.25) is 0 Å². The van der Waals surface area contributed by atoms with Gasteiger partial charge in [-0.2, -0.15) is 0 Å². The lowest BCUT2D eigenvalue weighted by Crippen LogP contribution is -2.22. The predicted octanol–water partition coefficient (Wildman–Crippen LogP) is 2.02. The summed E-state index contributed by atoms with van der Waals surface area (Å²) in [5.74, 6) is 0. The minimum atomic E-state index is 0.558. The van der Waals surface area contributed by atoms with E-state index in [2.05, 4.69) is 18.3 Å². The molecule has 1 aromatic rings. The number of anilines is 2. The molecular formula is C10H14N2. The fraction of sp³-hybridized carbons (Fsp3) is 0.400. The van der Waals surface area contributed by atoms with Gasteiger partial charge in [-0.05, 0) is 31.4 Å². The number of aryl methyl sites for hydroxylation is 1. The summed E-state index contributed by atoms with van der Waals surface area (Å²) in [5.41, 5.74) is 9.22. The Hall–Kier alpha value is -1.18. The van der Waals surface area contributed by atoms with Gasteiger partial charge in [0.1, 0.15) is 0 Å². The van der Waals surface area contributed by atoms with E-state index in [0.29, 0.717) is 6.04 Å². The Morgan fingerprint density at radius 1 is 1.50 bits per heavy atom. The molecule has 0 unspecified atom stereocenters. The lowest BCUT2D eigenvalue weighted by molar-refractivity contribution is 0.682. The van der Waals surface area contributed by atoms with Crippen LogP contribution in [0.3, 0.4) is 0 Å². The van der Waals surface area contributed by atoms with Gasteiger partial charge >= 0.3 is 0 Å². The van der Waals surface area contributed by atoms with E-state index in [1.165, 1.54) is 12.0 Å². The highest BCUT2D eigenvalue weighted by Gasteiger charge is 2.14. The molecule has 0 aromatic heterocycles. The third-order valence-corrected chi connectivity index (χ3v) is 2.42. The maximum absolute atomic E-state index is 5.84. The van der Waals surface area contributed by atoms with Gasteiger partial charge in [0.15, 0.2) is 0 Å². The lowest BCUT2D eigenvalue weighted by atomic mass is 9.98. The van der Waals surface area contributed by atoms with Crippen molar-refractivity contribution in [2.45, 2.75) is 25.8 Å². The average Bonchev–Trinajstić information content (AvgIpc) is 2.07. The summed E-state index contributed by atoms with van der Waals surface area (Å²) < 4.78 is 0. The van der Waals surface area contributed by atoms with Crippen molar-refractivity contribution < 1.29 is 0 Å². The molecule has 0 bridgehead atoms. The Labute approximate surface area is 72.8 Å². The number of para-hydroxylation sites is 1. The second-order valence-corrected chi connectivity index (χ2v) is 3.47. The van der Waals surface area contributed by atoms with Crippen LogP contribution in [-0.2, 0) is 6.42 Å². The van der Waals surface area contributed by atoms with Crippen LogP contribution in [0, 0.1) is 0 Å². The zero-order valence-electron chi connectivity index (χ0n) is 7.30. The normalized spacial score (nSPS) is 21.2. The van der Waals surface area contributed by atoms with Gasteiger partial charge in [-0.1, -0.05) is 12.1 Å². The Balaban J connectivity index is 2.43. The van der Waals surface area contributed by atoms with Gasteiger partial charge in [-0.15, -0.1) is 0 Å². The summed E-state index contributed by atoms with van der Waals surface area (Å²) in [6.45, 7) is 2.19. The molecule has 0 saturated carbocycles. The highest BCUT2D eigenvalue weighted by atomic mass is 14.9. The molecular weight excluding hydrogens is 148 g/mol. The number of benzene rings is 1. The second-order valence-electron chi connectivity index (χ2n) is 3.47. The number of hydrogen-bond donors (Lipinski definition) is 2. The molecule has 2 heteroatoms. The molecule has 2 rings (SSSR count). The first-order chi connectivity index (χ1) is 5.77. The lowest BCUT2D eigenvalue weighted by Gasteiger charge is -2.25. The third kappa shape index (κ3) is 1.13. The van der Waals surface area contributed by atoms with Crippen molar-refractivity contribution in [1.29, 1.82) is 0 Å².